The number of hydrogen-bond donors (Lipinski definition) is 1. The van der Waals surface area contributed by atoms with Crippen molar-refractivity contribution in [2.45, 2.75) is 38.9 Å². The number of aryl methyl sites for hydroxylation is 2. The average Bonchev–Trinajstić information content (AvgIpc) is 2.97. The van der Waals surface area contributed by atoms with E-state index in [9.17, 15) is 13.2 Å². The van der Waals surface area contributed by atoms with E-state index in [0.717, 1.165) is 55.2 Å². The van der Waals surface area contributed by atoms with Gasteiger partial charge < -0.3 is 9.88 Å². The van der Waals surface area contributed by atoms with Crippen LogP contribution in [0.2, 0.25) is 0 Å². The van der Waals surface area contributed by atoms with E-state index in [-0.39, 0.29) is 0 Å². The maximum atomic E-state index is 12.7. The maximum absolute atomic E-state index is 12.7. The van der Waals surface area contributed by atoms with E-state index in [4.69, 9.17) is 0 Å². The van der Waals surface area contributed by atoms with Gasteiger partial charge in [0.05, 0.1) is 29.3 Å². The van der Waals surface area contributed by atoms with E-state index < -0.39 is 11.7 Å². The molecule has 4 rings (SSSR count). The molecule has 0 fully saturated rings. The highest BCUT2D eigenvalue weighted by atomic mass is 19.4. The second kappa shape index (κ2) is 6.68. The van der Waals surface area contributed by atoms with Crippen LogP contribution in [0.3, 0.4) is 0 Å². The molecular weight excluding hydrogens is 355 g/mol. The van der Waals surface area contributed by atoms with Crippen LogP contribution < -0.4 is 5.32 Å². The van der Waals surface area contributed by atoms with Gasteiger partial charge in [0.15, 0.2) is 0 Å². The average molecular weight is 373 g/mol. The number of rotatable bonds is 3. The number of benzene rings is 1. The molecule has 0 bridgehead atoms. The van der Waals surface area contributed by atoms with Crippen LogP contribution in [0, 0.1) is 6.92 Å². The van der Waals surface area contributed by atoms with Gasteiger partial charge in [-0.2, -0.15) is 13.2 Å². The van der Waals surface area contributed by atoms with Crippen molar-refractivity contribution in [2.75, 3.05) is 5.32 Å². The van der Waals surface area contributed by atoms with Gasteiger partial charge >= 0.3 is 6.18 Å². The Morgan fingerprint density at radius 2 is 1.81 bits per heavy atom. The van der Waals surface area contributed by atoms with Crippen molar-refractivity contribution in [3.05, 3.63) is 53.7 Å². The van der Waals surface area contributed by atoms with Gasteiger partial charge in [0.25, 0.3) is 0 Å². The molecule has 0 radical (unpaired) electrons. The number of halogens is 3. The summed E-state index contributed by atoms with van der Waals surface area (Å²) in [5, 5.41) is 3.01. The summed E-state index contributed by atoms with van der Waals surface area (Å²) in [5.74, 6) is 1.54. The second-order valence-electron chi connectivity index (χ2n) is 6.56. The molecule has 2 aromatic heterocycles. The molecule has 0 aliphatic carbocycles. The SMILES string of the molecule is Cc1nc2n(c1-c1cncc(Nc3ccc(C(F)(F)F)cc3)n1)CCCC2. The summed E-state index contributed by atoms with van der Waals surface area (Å²) in [6, 6.07) is 4.83. The van der Waals surface area contributed by atoms with E-state index in [1.165, 1.54) is 12.1 Å². The van der Waals surface area contributed by atoms with E-state index >= 15 is 0 Å². The zero-order chi connectivity index (χ0) is 19.0. The maximum Gasteiger partial charge on any atom is 0.416 e. The first-order valence-electron chi connectivity index (χ1n) is 8.74. The van der Waals surface area contributed by atoms with Crippen molar-refractivity contribution in [1.29, 1.82) is 0 Å². The Kier molecular flexibility index (Phi) is 4.33. The first-order valence-corrected chi connectivity index (χ1v) is 8.74. The highest BCUT2D eigenvalue weighted by molar-refractivity contribution is 5.62. The molecule has 27 heavy (non-hydrogen) atoms. The summed E-state index contributed by atoms with van der Waals surface area (Å²) in [6.45, 7) is 2.86. The summed E-state index contributed by atoms with van der Waals surface area (Å²) in [7, 11) is 0. The zero-order valence-electron chi connectivity index (χ0n) is 14.7. The fraction of sp³-hybridized carbons (Fsp3) is 0.316. The second-order valence-corrected chi connectivity index (χ2v) is 6.56. The van der Waals surface area contributed by atoms with Crippen LogP contribution >= 0.6 is 0 Å². The highest BCUT2D eigenvalue weighted by Crippen LogP contribution is 2.31. The van der Waals surface area contributed by atoms with E-state index in [1.807, 2.05) is 6.92 Å². The van der Waals surface area contributed by atoms with Gasteiger partial charge in [0.2, 0.25) is 0 Å². The summed E-state index contributed by atoms with van der Waals surface area (Å²) in [5.41, 5.74) is 2.39. The van der Waals surface area contributed by atoms with Crippen molar-refractivity contribution in [3.63, 3.8) is 0 Å². The van der Waals surface area contributed by atoms with Gasteiger partial charge in [0.1, 0.15) is 17.3 Å². The first kappa shape index (κ1) is 17.5. The fourth-order valence-electron chi connectivity index (χ4n) is 3.37. The largest absolute Gasteiger partial charge is 0.416 e. The van der Waals surface area contributed by atoms with Crippen molar-refractivity contribution < 1.29 is 13.2 Å². The third-order valence-corrected chi connectivity index (χ3v) is 4.61. The van der Waals surface area contributed by atoms with Crippen LogP contribution in [-0.2, 0) is 19.1 Å². The van der Waals surface area contributed by atoms with Crippen LogP contribution in [0.1, 0.15) is 29.9 Å². The number of imidazole rings is 1. The molecule has 5 nitrogen and oxygen atoms in total. The molecule has 140 valence electrons. The molecule has 3 heterocycles. The Morgan fingerprint density at radius 1 is 1.04 bits per heavy atom. The predicted octanol–water partition coefficient (Wildman–Crippen LogP) is 4.75. The van der Waals surface area contributed by atoms with Crippen molar-refractivity contribution in [2.24, 2.45) is 0 Å². The number of fused-ring (bicyclic) bond motifs is 1. The van der Waals surface area contributed by atoms with Crippen LogP contribution in [0.15, 0.2) is 36.7 Å². The highest BCUT2D eigenvalue weighted by Gasteiger charge is 2.30. The Labute approximate surface area is 154 Å². The number of alkyl halides is 3. The molecule has 0 unspecified atom stereocenters. The molecule has 0 amide bonds. The smallest absolute Gasteiger partial charge is 0.339 e. The first-order chi connectivity index (χ1) is 12.9. The van der Waals surface area contributed by atoms with Crippen LogP contribution in [-0.4, -0.2) is 19.5 Å². The lowest BCUT2D eigenvalue weighted by molar-refractivity contribution is -0.137. The van der Waals surface area contributed by atoms with Crippen molar-refractivity contribution >= 4 is 11.5 Å². The molecule has 0 saturated carbocycles. The lowest BCUT2D eigenvalue weighted by Crippen LogP contribution is -2.12. The predicted molar refractivity (Wildman–Crippen MR) is 95.7 cm³/mol. The lowest BCUT2D eigenvalue weighted by atomic mass is 10.1. The van der Waals surface area contributed by atoms with Gasteiger partial charge in [-0.3, -0.25) is 4.98 Å². The Bertz CT molecular complexity index is 960. The Balaban J connectivity index is 1.61. The normalized spacial score (nSPS) is 14.1. The zero-order valence-corrected chi connectivity index (χ0v) is 14.7. The summed E-state index contributed by atoms with van der Waals surface area (Å²) in [4.78, 5) is 13.5. The van der Waals surface area contributed by atoms with Crippen molar-refractivity contribution in [3.8, 4) is 11.4 Å². The number of anilines is 2. The minimum Gasteiger partial charge on any atom is -0.339 e. The Morgan fingerprint density at radius 3 is 2.56 bits per heavy atom. The molecule has 1 aromatic carbocycles. The summed E-state index contributed by atoms with van der Waals surface area (Å²) < 4.78 is 40.2. The molecule has 8 heteroatoms. The molecule has 0 saturated heterocycles. The molecule has 3 aromatic rings. The topological polar surface area (TPSA) is 55.6 Å². The van der Waals surface area contributed by atoms with Gasteiger partial charge in [-0.25, -0.2) is 9.97 Å². The number of hydrogen-bond acceptors (Lipinski definition) is 4. The quantitative estimate of drug-likeness (QED) is 0.720. The number of nitrogens with one attached hydrogen (secondary N) is 1. The molecule has 1 aliphatic rings. The van der Waals surface area contributed by atoms with Gasteiger partial charge in [-0.15, -0.1) is 0 Å². The van der Waals surface area contributed by atoms with Gasteiger partial charge in [-0.1, -0.05) is 0 Å². The molecule has 1 N–H and O–H groups in total. The van der Waals surface area contributed by atoms with Gasteiger partial charge in [-0.05, 0) is 44.0 Å². The minimum absolute atomic E-state index is 0.470. The van der Waals surface area contributed by atoms with E-state index in [1.54, 1.807) is 12.4 Å². The van der Waals surface area contributed by atoms with E-state index in [2.05, 4.69) is 24.8 Å². The van der Waals surface area contributed by atoms with Crippen LogP contribution in [0.4, 0.5) is 24.7 Å². The minimum atomic E-state index is -4.35. The molecular formula is C19H18F3N5. The third kappa shape index (κ3) is 3.51. The van der Waals surface area contributed by atoms with Crippen LogP contribution in [0.25, 0.3) is 11.4 Å². The van der Waals surface area contributed by atoms with Crippen LogP contribution in [0.5, 0.6) is 0 Å². The standard InChI is InChI=1S/C19H18F3N5/c1-12-18(27-9-3-2-4-17(27)24-12)15-10-23-11-16(26-15)25-14-7-5-13(6-8-14)19(20,21)22/h5-8,10-11H,2-4,9H2,1H3,(H,25,26). The van der Waals surface area contributed by atoms with Crippen molar-refractivity contribution in [1.82, 2.24) is 19.5 Å². The lowest BCUT2D eigenvalue weighted by Gasteiger charge is -2.16. The van der Waals surface area contributed by atoms with E-state index in [0.29, 0.717) is 17.2 Å². The monoisotopic (exact) mass is 373 g/mol. The number of aromatic nitrogens is 4. The summed E-state index contributed by atoms with van der Waals surface area (Å²) in [6.07, 6.45) is 2.08. The number of nitrogens with zero attached hydrogens (tertiary/aromatic N) is 4. The Hall–Kier alpha value is -2.90. The molecule has 0 spiro atoms. The fourth-order valence-corrected chi connectivity index (χ4v) is 3.37. The molecule has 1 aliphatic heterocycles. The van der Waals surface area contributed by atoms with Gasteiger partial charge in [0, 0.05) is 18.7 Å². The summed E-state index contributed by atoms with van der Waals surface area (Å²) >= 11 is 0. The third-order valence-electron chi connectivity index (χ3n) is 4.61. The molecule has 0 atom stereocenters.